The molecule has 0 spiro atoms. The van der Waals surface area contributed by atoms with E-state index >= 15 is 0 Å². The molecule has 1 saturated heterocycles. The van der Waals surface area contributed by atoms with E-state index in [1.165, 1.54) is 0 Å². The Bertz CT molecular complexity index is 875. The highest BCUT2D eigenvalue weighted by Crippen LogP contribution is 2.44. The van der Waals surface area contributed by atoms with Crippen LogP contribution in [0.1, 0.15) is 76.7 Å². The van der Waals surface area contributed by atoms with Crippen LogP contribution >= 0.6 is 0 Å². The van der Waals surface area contributed by atoms with Gasteiger partial charge in [0.15, 0.2) is 5.78 Å². The van der Waals surface area contributed by atoms with Gasteiger partial charge in [-0.3, -0.25) is 4.79 Å². The molecular formula is C30H44O4Si. The third-order valence-electron chi connectivity index (χ3n) is 7.44. The van der Waals surface area contributed by atoms with Gasteiger partial charge in [-0.1, -0.05) is 102 Å². The molecule has 35 heavy (non-hydrogen) atoms. The smallest absolute Gasteiger partial charge is 0.200 e. The summed E-state index contributed by atoms with van der Waals surface area (Å²) in [4.78, 5) is 13.0. The first-order valence-electron chi connectivity index (χ1n) is 13.3. The minimum absolute atomic E-state index is 0.0794. The summed E-state index contributed by atoms with van der Waals surface area (Å²) in [5.41, 5.74) is 3.44. The summed E-state index contributed by atoms with van der Waals surface area (Å²) in [5, 5.41) is 0. The molecule has 0 radical (unpaired) electrons. The summed E-state index contributed by atoms with van der Waals surface area (Å²) in [5.74, 6) is 0.125. The molecule has 0 bridgehead atoms. The second kappa shape index (κ2) is 13.0. The Balaban J connectivity index is 1.73. The summed E-state index contributed by atoms with van der Waals surface area (Å²) in [7, 11) is -2.04. The molecule has 2 aromatic rings. The van der Waals surface area contributed by atoms with Crippen LogP contribution in [0, 0.1) is 0 Å². The lowest BCUT2D eigenvalue weighted by Crippen LogP contribution is -2.53. The van der Waals surface area contributed by atoms with E-state index in [4.69, 9.17) is 13.9 Å². The minimum Gasteiger partial charge on any atom is -0.413 e. The first kappa shape index (κ1) is 27.8. The molecule has 1 heterocycles. The predicted molar refractivity (Wildman–Crippen MR) is 145 cm³/mol. The van der Waals surface area contributed by atoms with Crippen LogP contribution in [-0.4, -0.2) is 39.0 Å². The van der Waals surface area contributed by atoms with Crippen LogP contribution in [0.15, 0.2) is 60.7 Å². The van der Waals surface area contributed by atoms with Crippen LogP contribution < -0.4 is 0 Å². The summed E-state index contributed by atoms with van der Waals surface area (Å²) in [6.45, 7) is 15.0. The molecule has 0 amide bonds. The van der Waals surface area contributed by atoms with Crippen molar-refractivity contribution in [1.82, 2.24) is 0 Å². The molecule has 4 nitrogen and oxygen atoms in total. The lowest BCUT2D eigenvalue weighted by atomic mass is 9.96. The molecule has 3 rings (SSSR count). The maximum atomic E-state index is 13.0. The fraction of sp³-hybridized carbons (Fsp3) is 0.567. The average molecular weight is 497 g/mol. The van der Waals surface area contributed by atoms with Crippen molar-refractivity contribution in [1.29, 1.82) is 0 Å². The Morgan fingerprint density at radius 1 is 0.857 bits per heavy atom. The normalized spacial score (nSPS) is 21.1. The van der Waals surface area contributed by atoms with Crippen molar-refractivity contribution < 1.29 is 18.7 Å². The standard InChI is InChI=1S/C30H44O4Si/c1-22(2)35(23(3)4,24(5)6)34-28-17-27(19-30(31)26-15-11-8-12-16-26)33-29(18-28)21-32-20-25-13-9-7-10-14-25/h7-16,22-24,27-29H,17-21H2,1-6H3/t27-,28+,29+/m0/s1. The lowest BCUT2D eigenvalue weighted by Gasteiger charge is -2.47. The topological polar surface area (TPSA) is 44.8 Å². The van der Waals surface area contributed by atoms with Gasteiger partial charge < -0.3 is 13.9 Å². The summed E-state index contributed by atoms with van der Waals surface area (Å²) in [6.07, 6.45) is 1.79. The molecule has 2 aromatic carbocycles. The van der Waals surface area contributed by atoms with E-state index in [9.17, 15) is 4.79 Å². The SMILES string of the molecule is CC(C)[Si](O[C@@H]1C[C@@H](CC(=O)c2ccccc2)O[C@@H](COCc2ccccc2)C1)(C(C)C)C(C)C. The molecule has 0 N–H and O–H groups in total. The zero-order valence-corrected chi connectivity index (χ0v) is 23.4. The van der Waals surface area contributed by atoms with Crippen LogP contribution in [-0.2, 0) is 20.5 Å². The van der Waals surface area contributed by atoms with Gasteiger partial charge >= 0.3 is 0 Å². The van der Waals surface area contributed by atoms with Crippen LogP contribution in [0.3, 0.4) is 0 Å². The van der Waals surface area contributed by atoms with Crippen LogP contribution in [0.4, 0.5) is 0 Å². The molecule has 192 valence electrons. The molecule has 0 unspecified atom stereocenters. The minimum atomic E-state index is -2.04. The fourth-order valence-electron chi connectivity index (χ4n) is 5.93. The molecule has 1 aliphatic rings. The summed E-state index contributed by atoms with van der Waals surface area (Å²) in [6, 6.07) is 19.7. The van der Waals surface area contributed by atoms with E-state index in [-0.39, 0.29) is 24.1 Å². The van der Waals surface area contributed by atoms with Gasteiger partial charge in [0.2, 0.25) is 8.32 Å². The zero-order valence-electron chi connectivity index (χ0n) is 22.4. The number of hydrogen-bond donors (Lipinski definition) is 0. The largest absolute Gasteiger partial charge is 0.413 e. The highest BCUT2D eigenvalue weighted by atomic mass is 28.4. The number of Topliss-reactive ketones (excluding diaryl/α,β-unsaturated/α-hetero) is 1. The van der Waals surface area contributed by atoms with Gasteiger partial charge in [-0.05, 0) is 28.6 Å². The predicted octanol–water partition coefficient (Wildman–Crippen LogP) is 7.58. The van der Waals surface area contributed by atoms with Gasteiger partial charge in [-0.15, -0.1) is 0 Å². The average Bonchev–Trinajstić information content (AvgIpc) is 2.83. The number of carbonyl (C=O) groups is 1. The quantitative estimate of drug-likeness (QED) is 0.224. The summed E-state index contributed by atoms with van der Waals surface area (Å²) >= 11 is 0. The number of hydrogen-bond acceptors (Lipinski definition) is 4. The van der Waals surface area contributed by atoms with E-state index < -0.39 is 8.32 Å². The van der Waals surface area contributed by atoms with Crippen molar-refractivity contribution in [3.05, 3.63) is 71.8 Å². The Hall–Kier alpha value is -1.79. The fourth-order valence-corrected chi connectivity index (χ4v) is 11.5. The maximum Gasteiger partial charge on any atom is 0.200 e. The van der Waals surface area contributed by atoms with E-state index in [0.29, 0.717) is 36.3 Å². The van der Waals surface area contributed by atoms with Crippen molar-refractivity contribution >= 4 is 14.1 Å². The van der Waals surface area contributed by atoms with E-state index in [1.54, 1.807) is 0 Å². The Labute approximate surface area is 213 Å². The Morgan fingerprint density at radius 2 is 1.40 bits per heavy atom. The van der Waals surface area contributed by atoms with Gasteiger partial charge in [0.25, 0.3) is 0 Å². The molecule has 3 atom stereocenters. The van der Waals surface area contributed by atoms with Crippen molar-refractivity contribution in [3.63, 3.8) is 0 Å². The summed E-state index contributed by atoms with van der Waals surface area (Å²) < 4.78 is 19.7. The lowest BCUT2D eigenvalue weighted by molar-refractivity contribution is -0.119. The van der Waals surface area contributed by atoms with Crippen molar-refractivity contribution in [2.45, 2.75) is 102 Å². The third-order valence-corrected chi connectivity index (χ3v) is 13.6. The van der Waals surface area contributed by atoms with E-state index in [0.717, 1.165) is 24.0 Å². The monoisotopic (exact) mass is 496 g/mol. The second-order valence-corrected chi connectivity index (χ2v) is 16.3. The number of ether oxygens (including phenoxy) is 2. The molecular weight excluding hydrogens is 452 g/mol. The van der Waals surface area contributed by atoms with Crippen molar-refractivity contribution in [2.75, 3.05) is 6.61 Å². The van der Waals surface area contributed by atoms with Crippen LogP contribution in [0.5, 0.6) is 0 Å². The van der Waals surface area contributed by atoms with Gasteiger partial charge in [-0.2, -0.15) is 0 Å². The second-order valence-electron chi connectivity index (χ2n) is 10.9. The molecule has 5 heteroatoms. The van der Waals surface area contributed by atoms with Gasteiger partial charge in [0.1, 0.15) is 0 Å². The highest BCUT2D eigenvalue weighted by molar-refractivity contribution is 6.77. The molecule has 0 aromatic heterocycles. The number of carbonyl (C=O) groups excluding carboxylic acids is 1. The highest BCUT2D eigenvalue weighted by Gasteiger charge is 2.48. The number of benzene rings is 2. The zero-order chi connectivity index (χ0) is 25.4. The maximum absolute atomic E-state index is 13.0. The first-order chi connectivity index (χ1) is 16.7. The Morgan fingerprint density at radius 3 is 1.97 bits per heavy atom. The Kier molecular flexibility index (Phi) is 10.3. The van der Waals surface area contributed by atoms with E-state index in [1.807, 2.05) is 48.5 Å². The molecule has 1 fully saturated rings. The molecule has 0 saturated carbocycles. The molecule has 0 aliphatic carbocycles. The van der Waals surface area contributed by atoms with Crippen molar-refractivity contribution in [2.24, 2.45) is 0 Å². The van der Waals surface area contributed by atoms with Gasteiger partial charge in [0.05, 0.1) is 31.5 Å². The van der Waals surface area contributed by atoms with Gasteiger partial charge in [0, 0.05) is 18.4 Å². The number of rotatable bonds is 12. The molecule has 1 aliphatic heterocycles. The van der Waals surface area contributed by atoms with Gasteiger partial charge in [-0.25, -0.2) is 0 Å². The first-order valence-corrected chi connectivity index (χ1v) is 15.4. The number of ketones is 1. The van der Waals surface area contributed by atoms with E-state index in [2.05, 4.69) is 53.7 Å². The van der Waals surface area contributed by atoms with Crippen LogP contribution in [0.25, 0.3) is 0 Å². The van der Waals surface area contributed by atoms with Crippen LogP contribution in [0.2, 0.25) is 16.6 Å². The van der Waals surface area contributed by atoms with Crippen molar-refractivity contribution in [3.8, 4) is 0 Å². The third kappa shape index (κ3) is 7.36.